The topological polar surface area (TPSA) is 111 Å². The van der Waals surface area contributed by atoms with Gasteiger partial charge in [-0.3, -0.25) is 9.59 Å². The van der Waals surface area contributed by atoms with Crippen LogP contribution in [0, 0.1) is 11.8 Å². The minimum Gasteiger partial charge on any atom is -0.462 e. The van der Waals surface area contributed by atoms with Crippen LogP contribution in [-0.2, 0) is 19.1 Å². The summed E-state index contributed by atoms with van der Waals surface area (Å²) in [4.78, 5) is 24.9. The summed E-state index contributed by atoms with van der Waals surface area (Å²) in [6.07, 6.45) is 1.84. The van der Waals surface area contributed by atoms with Crippen LogP contribution >= 0.6 is 0 Å². The van der Waals surface area contributed by atoms with E-state index in [1.807, 2.05) is 19.9 Å². The number of carbonyl (C=O) groups excluding carboxylic acids is 2. The van der Waals surface area contributed by atoms with Crippen LogP contribution in [0.4, 0.5) is 0 Å². The first-order chi connectivity index (χ1) is 12.8. The maximum absolute atomic E-state index is 12.6. The lowest BCUT2D eigenvalue weighted by Gasteiger charge is -2.27. The van der Waals surface area contributed by atoms with Crippen molar-refractivity contribution in [1.82, 2.24) is 5.32 Å². The van der Waals surface area contributed by atoms with Gasteiger partial charge in [0, 0.05) is 19.0 Å². The van der Waals surface area contributed by atoms with Crippen LogP contribution in [0.3, 0.4) is 0 Å². The molecule has 0 aromatic carbocycles. The van der Waals surface area contributed by atoms with E-state index in [1.54, 1.807) is 6.92 Å². The lowest BCUT2D eigenvalue weighted by Crippen LogP contribution is -2.36. The van der Waals surface area contributed by atoms with E-state index < -0.39 is 24.1 Å². The predicted molar refractivity (Wildman–Crippen MR) is 104 cm³/mol. The average Bonchev–Trinajstić information content (AvgIpc) is 2.64. The monoisotopic (exact) mass is 384 g/mol. The molecule has 1 heterocycles. The number of aliphatic hydroxyl groups is 1. The summed E-state index contributed by atoms with van der Waals surface area (Å²) in [5.41, 5.74) is 6.32. The molecule has 4 N–H and O–H groups in total. The minimum atomic E-state index is -0.789. The molecule has 1 aliphatic heterocycles. The molecule has 7 nitrogen and oxygen atoms in total. The molecule has 0 aromatic rings. The van der Waals surface area contributed by atoms with E-state index in [0.717, 1.165) is 25.0 Å². The van der Waals surface area contributed by atoms with Crippen molar-refractivity contribution in [3.8, 4) is 0 Å². The maximum Gasteiger partial charge on any atom is 0.313 e. The molecule has 0 radical (unpaired) electrons. The van der Waals surface area contributed by atoms with Crippen molar-refractivity contribution in [3.63, 3.8) is 0 Å². The lowest BCUT2D eigenvalue weighted by molar-refractivity contribution is -0.154. The number of carbonyl (C=O) groups is 2. The van der Waals surface area contributed by atoms with Crippen molar-refractivity contribution in [2.45, 2.75) is 65.3 Å². The molecule has 1 aliphatic rings. The number of esters is 1. The molecule has 0 spiro atoms. The van der Waals surface area contributed by atoms with Gasteiger partial charge in [0.05, 0.1) is 18.8 Å². The van der Waals surface area contributed by atoms with Gasteiger partial charge in [0.15, 0.2) is 0 Å². The number of ether oxygens (including phenoxy) is 2. The van der Waals surface area contributed by atoms with Crippen molar-refractivity contribution in [2.75, 3.05) is 26.2 Å². The summed E-state index contributed by atoms with van der Waals surface area (Å²) in [5.74, 6) is -1.02. The van der Waals surface area contributed by atoms with Gasteiger partial charge in [-0.05, 0) is 37.8 Å². The predicted octanol–water partition coefficient (Wildman–Crippen LogP) is 1.18. The van der Waals surface area contributed by atoms with Crippen molar-refractivity contribution in [1.29, 1.82) is 0 Å². The second-order valence-corrected chi connectivity index (χ2v) is 7.43. The Morgan fingerprint density at radius 2 is 2.11 bits per heavy atom. The van der Waals surface area contributed by atoms with E-state index in [0.29, 0.717) is 6.54 Å². The van der Waals surface area contributed by atoms with Crippen LogP contribution in [0.2, 0.25) is 0 Å². The third-order valence-electron chi connectivity index (χ3n) is 5.13. The van der Waals surface area contributed by atoms with Gasteiger partial charge in [-0.1, -0.05) is 26.8 Å². The highest BCUT2D eigenvalue weighted by Gasteiger charge is 2.30. The van der Waals surface area contributed by atoms with Crippen molar-refractivity contribution in [2.24, 2.45) is 17.6 Å². The number of aliphatic hydroxyl groups excluding tert-OH is 1. The molecule has 0 fully saturated rings. The molecule has 7 heteroatoms. The summed E-state index contributed by atoms with van der Waals surface area (Å²) in [5, 5.41) is 13.0. The van der Waals surface area contributed by atoms with E-state index in [-0.39, 0.29) is 37.4 Å². The summed E-state index contributed by atoms with van der Waals surface area (Å²) < 4.78 is 11.3. The number of nitrogens with one attached hydrogen (secondary N) is 1. The maximum atomic E-state index is 12.6. The van der Waals surface area contributed by atoms with Crippen LogP contribution in [-0.4, -0.2) is 61.4 Å². The Morgan fingerprint density at radius 3 is 2.74 bits per heavy atom. The summed E-state index contributed by atoms with van der Waals surface area (Å²) >= 11 is 0. The third-order valence-corrected chi connectivity index (χ3v) is 5.13. The van der Waals surface area contributed by atoms with Gasteiger partial charge < -0.3 is 25.6 Å². The van der Waals surface area contributed by atoms with Gasteiger partial charge >= 0.3 is 5.97 Å². The average molecular weight is 385 g/mol. The van der Waals surface area contributed by atoms with Crippen molar-refractivity contribution < 1.29 is 24.2 Å². The molecule has 0 amide bonds. The Labute approximate surface area is 162 Å². The van der Waals surface area contributed by atoms with Crippen LogP contribution in [0.1, 0.15) is 47.0 Å². The highest BCUT2D eigenvalue weighted by Crippen LogP contribution is 2.21. The first kappa shape index (κ1) is 23.8. The van der Waals surface area contributed by atoms with Gasteiger partial charge in [0.2, 0.25) is 0 Å². The first-order valence-electron chi connectivity index (χ1n) is 9.89. The van der Waals surface area contributed by atoms with Crippen LogP contribution < -0.4 is 11.1 Å². The fraction of sp³-hybridized carbons (Fsp3) is 0.800. The van der Waals surface area contributed by atoms with Gasteiger partial charge in [-0.25, -0.2) is 0 Å². The van der Waals surface area contributed by atoms with Crippen molar-refractivity contribution >= 4 is 11.8 Å². The zero-order chi connectivity index (χ0) is 20.4. The normalized spacial score (nSPS) is 32.1. The molecule has 5 atom stereocenters. The van der Waals surface area contributed by atoms with Crippen LogP contribution in [0.15, 0.2) is 11.6 Å². The summed E-state index contributed by atoms with van der Waals surface area (Å²) in [6.45, 7) is 9.28. The fourth-order valence-electron chi connectivity index (χ4n) is 3.20. The van der Waals surface area contributed by atoms with Gasteiger partial charge in [0.1, 0.15) is 18.3 Å². The quantitative estimate of drug-likeness (QED) is 0.371. The first-order valence-corrected chi connectivity index (χ1v) is 9.89. The Balaban J connectivity index is 2.96. The largest absolute Gasteiger partial charge is 0.462 e. The number of hydrogen-bond acceptors (Lipinski definition) is 7. The Hall–Kier alpha value is -1.28. The molecule has 156 valence electrons. The van der Waals surface area contributed by atoms with Gasteiger partial charge in [0.25, 0.3) is 0 Å². The fourth-order valence-corrected chi connectivity index (χ4v) is 3.20. The second kappa shape index (κ2) is 12.2. The number of rotatable bonds is 5. The molecule has 0 aromatic heterocycles. The van der Waals surface area contributed by atoms with Crippen LogP contribution in [0.25, 0.3) is 0 Å². The molecular formula is C20H36N2O5. The van der Waals surface area contributed by atoms with E-state index in [2.05, 4.69) is 12.2 Å². The molecule has 0 saturated heterocycles. The Morgan fingerprint density at radius 1 is 1.41 bits per heavy atom. The standard InChI is InChI=1S/C20H36N2O5/c1-5-18-13(2)6-8-22-9-7-14(3)20(26-12-16(23)11-21)15(4)17(24)10-19(25)27-18/h7,13,15-16,18,20,22-23H,5-6,8-12,21H2,1-4H3/b14-7+/t13-,15+,16?,18-,20+/m1/s1. The zero-order valence-electron chi connectivity index (χ0n) is 17.1. The van der Waals surface area contributed by atoms with E-state index in [1.165, 1.54) is 0 Å². The van der Waals surface area contributed by atoms with E-state index in [4.69, 9.17) is 15.2 Å². The second-order valence-electron chi connectivity index (χ2n) is 7.43. The minimum absolute atomic E-state index is 0.0390. The number of ketones is 1. The number of Topliss-reactive ketones (excluding diaryl/α,β-unsaturated/α-hetero) is 1. The molecule has 0 aliphatic carbocycles. The molecule has 0 bridgehead atoms. The van der Waals surface area contributed by atoms with Crippen LogP contribution in [0.5, 0.6) is 0 Å². The number of nitrogens with two attached hydrogens (primary N) is 1. The smallest absolute Gasteiger partial charge is 0.313 e. The number of hydrogen-bond donors (Lipinski definition) is 3. The highest BCUT2D eigenvalue weighted by molar-refractivity contribution is 5.97. The third kappa shape index (κ3) is 8.09. The number of cyclic esters (lactones) is 1. The molecule has 1 unspecified atom stereocenters. The molecular weight excluding hydrogens is 348 g/mol. The van der Waals surface area contributed by atoms with E-state index in [9.17, 15) is 14.7 Å². The Kier molecular flexibility index (Phi) is 10.8. The SMILES string of the molecule is CC[C@H]1OC(=O)CC(=O)[C@H](C)[C@@H](OCC(O)CN)/C(C)=C/CNCC[C@H]1C. The molecule has 0 saturated carbocycles. The highest BCUT2D eigenvalue weighted by atomic mass is 16.5. The summed E-state index contributed by atoms with van der Waals surface area (Å²) in [6, 6.07) is 0. The molecule has 1 rings (SSSR count). The summed E-state index contributed by atoms with van der Waals surface area (Å²) in [7, 11) is 0. The lowest BCUT2D eigenvalue weighted by atomic mass is 9.92. The molecule has 27 heavy (non-hydrogen) atoms. The Bertz CT molecular complexity index is 509. The van der Waals surface area contributed by atoms with Gasteiger partial charge in [-0.15, -0.1) is 0 Å². The van der Waals surface area contributed by atoms with Gasteiger partial charge in [-0.2, -0.15) is 0 Å². The van der Waals surface area contributed by atoms with Crippen molar-refractivity contribution in [3.05, 3.63) is 11.6 Å². The van der Waals surface area contributed by atoms with E-state index >= 15 is 0 Å². The zero-order valence-corrected chi connectivity index (χ0v) is 17.1.